The van der Waals surface area contributed by atoms with Gasteiger partial charge in [-0.25, -0.2) is 12.8 Å². The van der Waals surface area contributed by atoms with Crippen LogP contribution >= 0.6 is 0 Å². The third-order valence-electron chi connectivity index (χ3n) is 4.52. The van der Waals surface area contributed by atoms with Gasteiger partial charge in [0.1, 0.15) is 5.82 Å². The molecule has 1 amide bonds. The molecule has 0 bridgehead atoms. The number of ether oxygens (including phenoxy) is 1. The fraction of sp³-hybridized carbons (Fsp3) is 0.611. The molecule has 0 saturated carbocycles. The van der Waals surface area contributed by atoms with E-state index in [1.54, 1.807) is 11.8 Å². The third kappa shape index (κ3) is 5.75. The van der Waals surface area contributed by atoms with Crippen molar-refractivity contribution in [3.05, 3.63) is 30.1 Å². The summed E-state index contributed by atoms with van der Waals surface area (Å²) in [6, 6.07) is 4.67. The number of benzene rings is 1. The summed E-state index contributed by atoms with van der Waals surface area (Å²) in [6.07, 6.45) is 2.43. The quantitative estimate of drug-likeness (QED) is 0.541. The number of amides is 1. The first-order chi connectivity index (χ1) is 12.3. The van der Waals surface area contributed by atoms with Gasteiger partial charge < -0.3 is 15.4 Å². The lowest BCUT2D eigenvalue weighted by molar-refractivity contribution is -0.137. The summed E-state index contributed by atoms with van der Waals surface area (Å²) < 4.78 is 43.5. The Balaban J connectivity index is 1.87. The number of nitrogens with zero attached hydrogens (tertiary/aromatic N) is 1. The van der Waals surface area contributed by atoms with Crippen LogP contribution in [0.25, 0.3) is 0 Å². The molecule has 8 heteroatoms. The van der Waals surface area contributed by atoms with Gasteiger partial charge in [0.15, 0.2) is 9.84 Å². The molecule has 0 aliphatic carbocycles. The van der Waals surface area contributed by atoms with Crippen LogP contribution in [0.1, 0.15) is 26.2 Å². The molecule has 2 N–H and O–H groups in total. The summed E-state index contributed by atoms with van der Waals surface area (Å²) in [5.74, 6) is -1.61. The minimum absolute atomic E-state index is 0.0329. The first kappa shape index (κ1) is 20.8. The summed E-state index contributed by atoms with van der Waals surface area (Å²) in [6.45, 7) is 3.96. The minimum atomic E-state index is -3.64. The number of halogens is 1. The number of hydrogen-bond donors (Lipinski definition) is 1. The van der Waals surface area contributed by atoms with Gasteiger partial charge in [0.2, 0.25) is 5.91 Å². The van der Waals surface area contributed by atoms with Gasteiger partial charge >= 0.3 is 0 Å². The topological polar surface area (TPSA) is 89.7 Å². The van der Waals surface area contributed by atoms with Crippen LogP contribution in [0.2, 0.25) is 0 Å². The van der Waals surface area contributed by atoms with Crippen LogP contribution in [0.15, 0.2) is 29.2 Å². The van der Waals surface area contributed by atoms with Crippen molar-refractivity contribution in [1.82, 2.24) is 4.90 Å². The van der Waals surface area contributed by atoms with Crippen molar-refractivity contribution in [2.45, 2.75) is 37.2 Å². The van der Waals surface area contributed by atoms with Crippen molar-refractivity contribution in [2.24, 2.45) is 11.7 Å². The van der Waals surface area contributed by atoms with Crippen LogP contribution in [-0.4, -0.2) is 57.3 Å². The van der Waals surface area contributed by atoms with Gasteiger partial charge in [-0.3, -0.25) is 4.79 Å². The highest BCUT2D eigenvalue weighted by molar-refractivity contribution is 7.91. The average Bonchev–Trinajstić information content (AvgIpc) is 2.62. The Labute approximate surface area is 154 Å². The summed E-state index contributed by atoms with van der Waals surface area (Å²) in [5.41, 5.74) is 5.44. The maximum Gasteiger partial charge on any atom is 0.226 e. The van der Waals surface area contributed by atoms with Crippen molar-refractivity contribution >= 4 is 15.7 Å². The highest BCUT2D eigenvalue weighted by Gasteiger charge is 2.29. The van der Waals surface area contributed by atoms with E-state index < -0.39 is 21.6 Å². The highest BCUT2D eigenvalue weighted by Crippen LogP contribution is 2.19. The number of likely N-dealkylation sites (tertiary alicyclic amines) is 1. The molecule has 26 heavy (non-hydrogen) atoms. The van der Waals surface area contributed by atoms with E-state index in [9.17, 15) is 17.6 Å². The van der Waals surface area contributed by atoms with E-state index in [0.29, 0.717) is 26.2 Å². The third-order valence-corrected chi connectivity index (χ3v) is 6.45. The van der Waals surface area contributed by atoms with Gasteiger partial charge in [-0.2, -0.15) is 0 Å². The number of carbonyl (C=O) groups is 1. The SMILES string of the molecule is CC(CS(=O)(=O)c1ccc(F)cc1)C(=O)N1CCC(OCCCN)CC1. The fourth-order valence-electron chi connectivity index (χ4n) is 3.03. The van der Waals surface area contributed by atoms with Gasteiger partial charge in [0.05, 0.1) is 16.8 Å². The molecule has 6 nitrogen and oxygen atoms in total. The van der Waals surface area contributed by atoms with Crippen molar-refractivity contribution in [1.29, 1.82) is 0 Å². The minimum Gasteiger partial charge on any atom is -0.378 e. The van der Waals surface area contributed by atoms with E-state index >= 15 is 0 Å². The first-order valence-electron chi connectivity index (χ1n) is 8.92. The van der Waals surface area contributed by atoms with Crippen molar-refractivity contribution in [3.63, 3.8) is 0 Å². The summed E-state index contributed by atoms with van der Waals surface area (Å²) >= 11 is 0. The normalized spacial score (nSPS) is 17.3. The second-order valence-electron chi connectivity index (χ2n) is 6.67. The van der Waals surface area contributed by atoms with Crippen LogP contribution in [0, 0.1) is 11.7 Å². The van der Waals surface area contributed by atoms with Crippen LogP contribution in [0.5, 0.6) is 0 Å². The molecule has 1 aliphatic rings. The van der Waals surface area contributed by atoms with Gasteiger partial charge in [-0.15, -0.1) is 0 Å². The molecule has 1 saturated heterocycles. The number of hydrogen-bond acceptors (Lipinski definition) is 5. The lowest BCUT2D eigenvalue weighted by atomic mass is 10.1. The fourth-order valence-corrected chi connectivity index (χ4v) is 4.57. The second-order valence-corrected chi connectivity index (χ2v) is 8.71. The Morgan fingerprint density at radius 2 is 1.92 bits per heavy atom. The molecule has 1 unspecified atom stereocenters. The lowest BCUT2D eigenvalue weighted by Crippen LogP contribution is -2.44. The highest BCUT2D eigenvalue weighted by atomic mass is 32.2. The predicted molar refractivity (Wildman–Crippen MR) is 96.8 cm³/mol. The van der Waals surface area contributed by atoms with E-state index in [0.717, 1.165) is 31.4 Å². The summed E-state index contributed by atoms with van der Waals surface area (Å²) in [4.78, 5) is 14.3. The smallest absolute Gasteiger partial charge is 0.226 e. The largest absolute Gasteiger partial charge is 0.378 e. The van der Waals surface area contributed by atoms with Gasteiger partial charge in [0, 0.05) is 25.6 Å². The Hall–Kier alpha value is -1.51. The molecule has 0 spiro atoms. The Morgan fingerprint density at radius 1 is 1.31 bits per heavy atom. The molecule has 1 aromatic rings. The zero-order valence-electron chi connectivity index (χ0n) is 15.1. The first-order valence-corrected chi connectivity index (χ1v) is 10.6. The van der Waals surface area contributed by atoms with Crippen LogP contribution in [0.3, 0.4) is 0 Å². The Bertz CT molecular complexity index is 686. The van der Waals surface area contributed by atoms with Crippen molar-refractivity contribution < 1.29 is 22.3 Å². The number of piperidine rings is 1. The Morgan fingerprint density at radius 3 is 2.50 bits per heavy atom. The van der Waals surface area contributed by atoms with E-state index in [-0.39, 0.29) is 22.7 Å². The molecule has 2 rings (SSSR count). The molecule has 0 radical (unpaired) electrons. The molecular formula is C18H27FN2O4S. The summed E-state index contributed by atoms with van der Waals surface area (Å²) in [5, 5.41) is 0. The number of rotatable bonds is 8. The van der Waals surface area contributed by atoms with Gasteiger partial charge in [-0.05, 0) is 50.1 Å². The lowest BCUT2D eigenvalue weighted by Gasteiger charge is -2.33. The van der Waals surface area contributed by atoms with E-state index in [4.69, 9.17) is 10.5 Å². The predicted octanol–water partition coefficient (Wildman–Crippen LogP) is 1.59. The van der Waals surface area contributed by atoms with E-state index in [1.165, 1.54) is 12.1 Å². The molecular weight excluding hydrogens is 359 g/mol. The van der Waals surface area contributed by atoms with Crippen LogP contribution < -0.4 is 5.73 Å². The average molecular weight is 386 g/mol. The molecule has 0 aromatic heterocycles. The van der Waals surface area contributed by atoms with Crippen molar-refractivity contribution in [3.8, 4) is 0 Å². The maximum absolute atomic E-state index is 13.0. The summed E-state index contributed by atoms with van der Waals surface area (Å²) in [7, 11) is -3.64. The number of sulfone groups is 1. The van der Waals surface area contributed by atoms with E-state index in [2.05, 4.69) is 0 Å². The number of carbonyl (C=O) groups excluding carboxylic acids is 1. The second kappa shape index (κ2) is 9.43. The monoisotopic (exact) mass is 386 g/mol. The molecule has 1 aliphatic heterocycles. The molecule has 1 fully saturated rings. The molecule has 1 aromatic carbocycles. The molecule has 1 heterocycles. The Kier molecular flexibility index (Phi) is 7.55. The number of nitrogens with two attached hydrogens (primary N) is 1. The van der Waals surface area contributed by atoms with Crippen LogP contribution in [0.4, 0.5) is 4.39 Å². The van der Waals surface area contributed by atoms with Crippen molar-refractivity contribution in [2.75, 3.05) is 32.0 Å². The van der Waals surface area contributed by atoms with Gasteiger partial charge in [0.25, 0.3) is 0 Å². The maximum atomic E-state index is 13.0. The van der Waals surface area contributed by atoms with Gasteiger partial charge in [-0.1, -0.05) is 6.92 Å². The van der Waals surface area contributed by atoms with Crippen LogP contribution in [-0.2, 0) is 19.4 Å². The zero-order chi connectivity index (χ0) is 19.2. The molecule has 1 atom stereocenters. The standard InChI is InChI=1S/C18H27FN2O4S/c1-14(13-26(23,24)17-5-3-15(19)4-6-17)18(22)21-10-7-16(8-11-21)25-12-2-9-20/h3-6,14,16H,2,7-13,20H2,1H3. The van der Waals surface area contributed by atoms with E-state index in [1.807, 2.05) is 0 Å². The molecule has 146 valence electrons. The zero-order valence-corrected chi connectivity index (χ0v) is 15.9.